The van der Waals surface area contributed by atoms with Crippen LogP contribution in [0.5, 0.6) is 0 Å². The molecule has 1 aliphatic carbocycles. The molecule has 0 aromatic carbocycles. The third-order valence-electron chi connectivity index (χ3n) is 4.90. The summed E-state index contributed by atoms with van der Waals surface area (Å²) in [5.41, 5.74) is 6.62. The second-order valence-corrected chi connectivity index (χ2v) is 6.96. The lowest BCUT2D eigenvalue weighted by atomic mass is 9.95. The van der Waals surface area contributed by atoms with E-state index in [1.54, 1.807) is 12.4 Å². The van der Waals surface area contributed by atoms with E-state index < -0.39 is 11.7 Å². The Balaban J connectivity index is 1.66. The van der Waals surface area contributed by atoms with E-state index in [1.807, 2.05) is 18.2 Å². The third-order valence-corrected chi connectivity index (χ3v) is 4.90. The highest BCUT2D eigenvalue weighted by Gasteiger charge is 2.20. The molecule has 0 aliphatic heterocycles. The number of amides is 1. The average Bonchev–Trinajstić information content (AvgIpc) is 2.71. The van der Waals surface area contributed by atoms with Gasteiger partial charge in [0.25, 0.3) is 5.91 Å². The Morgan fingerprint density at radius 1 is 1.14 bits per heavy atom. The number of halogens is 1. The van der Waals surface area contributed by atoms with E-state index in [0.29, 0.717) is 11.3 Å². The number of fused-ring (bicyclic) bond motifs is 1. The van der Waals surface area contributed by atoms with Gasteiger partial charge in [0.05, 0.1) is 17.4 Å². The molecule has 1 saturated carbocycles. The molecular formula is C20H21FN6O. The first-order chi connectivity index (χ1) is 13.6. The van der Waals surface area contributed by atoms with E-state index in [9.17, 15) is 9.18 Å². The van der Waals surface area contributed by atoms with Crippen molar-refractivity contribution in [2.45, 2.75) is 38.1 Å². The zero-order valence-corrected chi connectivity index (χ0v) is 15.3. The molecule has 4 rings (SSSR count). The molecule has 0 saturated heterocycles. The fourth-order valence-electron chi connectivity index (χ4n) is 3.48. The summed E-state index contributed by atoms with van der Waals surface area (Å²) in [5.74, 6) is -1.04. The molecule has 7 nitrogen and oxygen atoms in total. The monoisotopic (exact) mass is 380 g/mol. The molecule has 3 aromatic rings. The van der Waals surface area contributed by atoms with Gasteiger partial charge >= 0.3 is 0 Å². The predicted octanol–water partition coefficient (Wildman–Crippen LogP) is 3.75. The number of hydrogen-bond donors (Lipinski definition) is 3. The molecular weight excluding hydrogens is 359 g/mol. The van der Waals surface area contributed by atoms with Gasteiger partial charge in [-0.15, -0.1) is 0 Å². The van der Waals surface area contributed by atoms with E-state index in [1.165, 1.54) is 6.42 Å². The number of pyridine rings is 3. The average molecular weight is 380 g/mol. The number of anilines is 3. The van der Waals surface area contributed by atoms with Crippen LogP contribution in [0.3, 0.4) is 0 Å². The minimum Gasteiger partial charge on any atom is -0.365 e. The molecule has 0 spiro atoms. The maximum Gasteiger partial charge on any atom is 0.252 e. The zero-order chi connectivity index (χ0) is 19.5. The van der Waals surface area contributed by atoms with Crippen LogP contribution in [0.15, 0.2) is 36.7 Å². The van der Waals surface area contributed by atoms with Gasteiger partial charge in [-0.05, 0) is 37.1 Å². The lowest BCUT2D eigenvalue weighted by Crippen LogP contribution is -2.24. The van der Waals surface area contributed by atoms with Crippen LogP contribution in [0.4, 0.5) is 21.7 Å². The van der Waals surface area contributed by atoms with E-state index in [4.69, 9.17) is 5.73 Å². The smallest absolute Gasteiger partial charge is 0.252 e. The summed E-state index contributed by atoms with van der Waals surface area (Å²) in [7, 11) is 0. The molecule has 1 aliphatic rings. The van der Waals surface area contributed by atoms with E-state index in [-0.39, 0.29) is 23.2 Å². The molecule has 8 heteroatoms. The molecule has 1 fully saturated rings. The van der Waals surface area contributed by atoms with E-state index >= 15 is 0 Å². The molecule has 1 amide bonds. The Kier molecular flexibility index (Phi) is 5.01. The van der Waals surface area contributed by atoms with Crippen LogP contribution in [-0.4, -0.2) is 26.9 Å². The molecule has 3 aromatic heterocycles. The fourth-order valence-corrected chi connectivity index (χ4v) is 3.48. The van der Waals surface area contributed by atoms with Crippen molar-refractivity contribution in [1.29, 1.82) is 0 Å². The van der Waals surface area contributed by atoms with E-state index in [2.05, 4.69) is 25.6 Å². The van der Waals surface area contributed by atoms with Crippen molar-refractivity contribution >= 4 is 34.3 Å². The highest BCUT2D eigenvalue weighted by molar-refractivity contribution is 5.98. The maximum absolute atomic E-state index is 14.5. The van der Waals surface area contributed by atoms with Crippen LogP contribution in [0, 0.1) is 5.82 Å². The van der Waals surface area contributed by atoms with Gasteiger partial charge < -0.3 is 16.4 Å². The Hall–Kier alpha value is -3.29. The number of primary amides is 1. The summed E-state index contributed by atoms with van der Waals surface area (Å²) < 4.78 is 14.5. The molecule has 0 unspecified atom stereocenters. The Morgan fingerprint density at radius 3 is 2.75 bits per heavy atom. The lowest BCUT2D eigenvalue weighted by molar-refractivity contribution is 0.100. The summed E-state index contributed by atoms with van der Waals surface area (Å²) in [6.07, 6.45) is 8.62. The summed E-state index contributed by atoms with van der Waals surface area (Å²) in [6.45, 7) is 0. The first-order valence-corrected chi connectivity index (χ1v) is 9.35. The molecule has 0 atom stereocenters. The van der Waals surface area contributed by atoms with Gasteiger partial charge in [0, 0.05) is 17.6 Å². The second kappa shape index (κ2) is 7.75. The molecule has 0 radical (unpaired) electrons. The van der Waals surface area contributed by atoms with Crippen molar-refractivity contribution in [1.82, 2.24) is 15.0 Å². The first-order valence-electron chi connectivity index (χ1n) is 9.35. The van der Waals surface area contributed by atoms with Crippen LogP contribution in [0.1, 0.15) is 42.5 Å². The number of rotatable bonds is 5. The third kappa shape index (κ3) is 3.85. The van der Waals surface area contributed by atoms with Crippen LogP contribution >= 0.6 is 0 Å². The van der Waals surface area contributed by atoms with Gasteiger partial charge in [-0.2, -0.15) is 0 Å². The number of carbonyl (C=O) groups is 1. The molecule has 4 N–H and O–H groups in total. The van der Waals surface area contributed by atoms with Crippen molar-refractivity contribution in [2.24, 2.45) is 5.73 Å². The van der Waals surface area contributed by atoms with E-state index in [0.717, 1.165) is 37.1 Å². The molecule has 3 heterocycles. The molecule has 0 bridgehead atoms. The van der Waals surface area contributed by atoms with Crippen molar-refractivity contribution in [3.8, 4) is 0 Å². The Labute approximate surface area is 161 Å². The first kappa shape index (κ1) is 18.1. The quantitative estimate of drug-likeness (QED) is 0.622. The molecule has 144 valence electrons. The number of carbonyl (C=O) groups excluding carboxylic acids is 1. The summed E-state index contributed by atoms with van der Waals surface area (Å²) in [4.78, 5) is 24.6. The summed E-state index contributed by atoms with van der Waals surface area (Å²) in [6, 6.07) is 6.82. The van der Waals surface area contributed by atoms with Gasteiger partial charge in [0.15, 0.2) is 17.3 Å². The van der Waals surface area contributed by atoms with Crippen molar-refractivity contribution in [3.05, 3.63) is 48.0 Å². The predicted molar refractivity (Wildman–Crippen MR) is 106 cm³/mol. The molecule has 28 heavy (non-hydrogen) atoms. The SMILES string of the molecule is NC(=O)c1cc(F)c(NC2CCCCC2)nc1Nc1cnc2ncccc2c1. The number of nitrogens with one attached hydrogen (secondary N) is 2. The minimum absolute atomic E-state index is 0.0158. The van der Waals surface area contributed by atoms with Gasteiger partial charge in [0.1, 0.15) is 5.82 Å². The number of hydrogen-bond acceptors (Lipinski definition) is 6. The van der Waals surface area contributed by atoms with Crippen LogP contribution < -0.4 is 16.4 Å². The van der Waals surface area contributed by atoms with Crippen LogP contribution in [0.2, 0.25) is 0 Å². The van der Waals surface area contributed by atoms with Crippen LogP contribution in [0.25, 0.3) is 11.0 Å². The second-order valence-electron chi connectivity index (χ2n) is 6.96. The lowest BCUT2D eigenvalue weighted by Gasteiger charge is -2.24. The standard InChI is InChI=1S/C20H21FN6O/c21-16-10-15(17(22)28)19(27-20(16)25-13-6-2-1-3-7-13)26-14-9-12-5-4-8-23-18(12)24-11-14/h4-5,8-11,13H,1-3,6-7H2,(H2,22,28)(H2,25,26,27). The van der Waals surface area contributed by atoms with Gasteiger partial charge in [-0.1, -0.05) is 19.3 Å². The number of nitrogens with two attached hydrogens (primary N) is 1. The van der Waals surface area contributed by atoms with Gasteiger partial charge in [0.2, 0.25) is 0 Å². The highest BCUT2D eigenvalue weighted by atomic mass is 19.1. The normalized spacial score (nSPS) is 14.8. The fraction of sp³-hybridized carbons (Fsp3) is 0.300. The topological polar surface area (TPSA) is 106 Å². The van der Waals surface area contributed by atoms with Crippen LogP contribution in [-0.2, 0) is 0 Å². The van der Waals surface area contributed by atoms with Crippen molar-refractivity contribution < 1.29 is 9.18 Å². The largest absolute Gasteiger partial charge is 0.365 e. The van der Waals surface area contributed by atoms with Gasteiger partial charge in [-0.3, -0.25) is 4.79 Å². The zero-order valence-electron chi connectivity index (χ0n) is 15.3. The summed E-state index contributed by atoms with van der Waals surface area (Å²) >= 11 is 0. The highest BCUT2D eigenvalue weighted by Crippen LogP contribution is 2.27. The van der Waals surface area contributed by atoms with Crippen molar-refractivity contribution in [2.75, 3.05) is 10.6 Å². The van der Waals surface area contributed by atoms with Crippen molar-refractivity contribution in [3.63, 3.8) is 0 Å². The minimum atomic E-state index is -0.756. The maximum atomic E-state index is 14.5. The number of nitrogens with zero attached hydrogens (tertiary/aromatic N) is 3. The summed E-state index contributed by atoms with van der Waals surface area (Å²) in [5, 5.41) is 7.04. The Bertz CT molecular complexity index is 1020. The number of aromatic nitrogens is 3. The van der Waals surface area contributed by atoms with Gasteiger partial charge in [-0.25, -0.2) is 19.3 Å². The Morgan fingerprint density at radius 2 is 1.96 bits per heavy atom.